The second-order valence-electron chi connectivity index (χ2n) is 4.90. The van der Waals surface area contributed by atoms with Crippen LogP contribution in [0.4, 0.5) is 4.79 Å². The number of unbranched alkanes of at least 4 members (excludes halogenated alkanes) is 1. The third-order valence-electron chi connectivity index (χ3n) is 3.35. The first-order valence-corrected chi connectivity index (χ1v) is 6.54. The van der Waals surface area contributed by atoms with E-state index >= 15 is 0 Å². The molecular weight excluding hydrogens is 250 g/mol. The Balaban J connectivity index is 2.26. The molecule has 0 aromatic rings. The van der Waals surface area contributed by atoms with Crippen LogP contribution in [0.5, 0.6) is 0 Å². The van der Waals surface area contributed by atoms with Crippen molar-refractivity contribution in [2.75, 3.05) is 6.54 Å². The summed E-state index contributed by atoms with van der Waals surface area (Å²) in [6.07, 6.45) is 4.10. The first-order chi connectivity index (χ1) is 8.96. The zero-order valence-electron chi connectivity index (χ0n) is 10.9. The number of carboxylic acid groups (broad SMARTS) is 1. The third-order valence-corrected chi connectivity index (χ3v) is 3.35. The lowest BCUT2D eigenvalue weighted by Crippen LogP contribution is -2.55. The normalized spacial score (nSPS) is 16.8. The number of nitrogens with one attached hydrogen (secondary N) is 2. The summed E-state index contributed by atoms with van der Waals surface area (Å²) in [6.45, 7) is 0.398. The lowest BCUT2D eigenvalue weighted by atomic mass is 9.98. The Labute approximate surface area is 111 Å². The highest BCUT2D eigenvalue weighted by Gasteiger charge is 2.42. The molecule has 0 radical (unpaired) electrons. The molecule has 0 bridgehead atoms. The van der Waals surface area contributed by atoms with Gasteiger partial charge in [0.1, 0.15) is 5.54 Å². The van der Waals surface area contributed by atoms with E-state index < -0.39 is 17.5 Å². The van der Waals surface area contributed by atoms with Gasteiger partial charge in [-0.25, -0.2) is 9.59 Å². The molecule has 0 aromatic carbocycles. The smallest absolute Gasteiger partial charge is 0.329 e. The van der Waals surface area contributed by atoms with Gasteiger partial charge < -0.3 is 21.5 Å². The molecule has 5 N–H and O–H groups in total. The number of aliphatic carboxylic acids is 1. The van der Waals surface area contributed by atoms with E-state index in [1.54, 1.807) is 0 Å². The predicted octanol–water partition coefficient (Wildman–Crippen LogP) is 0.339. The van der Waals surface area contributed by atoms with Crippen molar-refractivity contribution in [1.29, 1.82) is 0 Å². The Bertz CT molecular complexity index is 351. The van der Waals surface area contributed by atoms with E-state index in [4.69, 9.17) is 5.73 Å². The highest BCUT2D eigenvalue weighted by molar-refractivity contribution is 5.86. The van der Waals surface area contributed by atoms with Crippen molar-refractivity contribution in [3.63, 3.8) is 0 Å². The number of carbonyl (C=O) groups is 3. The lowest BCUT2D eigenvalue weighted by Gasteiger charge is -2.25. The molecule has 7 heteroatoms. The van der Waals surface area contributed by atoms with Crippen molar-refractivity contribution < 1.29 is 19.5 Å². The van der Waals surface area contributed by atoms with Gasteiger partial charge in [0.25, 0.3) is 0 Å². The summed E-state index contributed by atoms with van der Waals surface area (Å²) in [7, 11) is 0. The van der Waals surface area contributed by atoms with E-state index in [-0.39, 0.29) is 5.91 Å². The van der Waals surface area contributed by atoms with Gasteiger partial charge in [-0.2, -0.15) is 0 Å². The molecule has 0 aromatic heterocycles. The molecule has 1 aliphatic rings. The summed E-state index contributed by atoms with van der Waals surface area (Å²) in [5.41, 5.74) is 3.88. The minimum atomic E-state index is -1.11. The maximum absolute atomic E-state index is 11.6. The summed E-state index contributed by atoms with van der Waals surface area (Å²) in [4.78, 5) is 33.3. The molecule has 1 saturated carbocycles. The average molecular weight is 271 g/mol. The summed E-state index contributed by atoms with van der Waals surface area (Å²) < 4.78 is 0. The van der Waals surface area contributed by atoms with E-state index in [2.05, 4.69) is 10.6 Å². The molecule has 19 heavy (non-hydrogen) atoms. The molecule has 7 nitrogen and oxygen atoms in total. The summed E-state index contributed by atoms with van der Waals surface area (Å²) in [5, 5.41) is 14.3. The van der Waals surface area contributed by atoms with E-state index in [1.165, 1.54) is 0 Å². The third kappa shape index (κ3) is 4.76. The van der Waals surface area contributed by atoms with Crippen LogP contribution in [0.2, 0.25) is 0 Å². The number of urea groups is 1. The van der Waals surface area contributed by atoms with Gasteiger partial charge in [0.05, 0.1) is 0 Å². The fourth-order valence-electron chi connectivity index (χ4n) is 2.26. The van der Waals surface area contributed by atoms with E-state index in [9.17, 15) is 19.5 Å². The van der Waals surface area contributed by atoms with Gasteiger partial charge in [-0.1, -0.05) is 12.8 Å². The van der Waals surface area contributed by atoms with E-state index in [0.29, 0.717) is 38.6 Å². The molecule has 0 atom stereocenters. The first kappa shape index (κ1) is 15.3. The largest absolute Gasteiger partial charge is 0.480 e. The van der Waals surface area contributed by atoms with Crippen molar-refractivity contribution in [2.24, 2.45) is 5.73 Å². The Morgan fingerprint density at radius 2 is 1.79 bits per heavy atom. The molecule has 1 fully saturated rings. The van der Waals surface area contributed by atoms with Gasteiger partial charge in [0, 0.05) is 13.0 Å². The molecule has 0 aliphatic heterocycles. The van der Waals surface area contributed by atoms with E-state index in [0.717, 1.165) is 12.8 Å². The van der Waals surface area contributed by atoms with Crippen LogP contribution in [0.25, 0.3) is 0 Å². The van der Waals surface area contributed by atoms with E-state index in [1.807, 2.05) is 0 Å². The molecule has 0 saturated heterocycles. The molecule has 0 unspecified atom stereocenters. The van der Waals surface area contributed by atoms with Gasteiger partial charge in [-0.05, 0) is 25.7 Å². The quantitative estimate of drug-likeness (QED) is 0.499. The van der Waals surface area contributed by atoms with Crippen LogP contribution in [0.15, 0.2) is 0 Å². The number of amides is 3. The molecule has 0 spiro atoms. The molecule has 0 heterocycles. The summed E-state index contributed by atoms with van der Waals surface area (Å²) in [6, 6.07) is -0.469. The van der Waals surface area contributed by atoms with Crippen LogP contribution < -0.4 is 16.4 Å². The highest BCUT2D eigenvalue weighted by Crippen LogP contribution is 2.29. The number of hydrogen-bond acceptors (Lipinski definition) is 3. The van der Waals surface area contributed by atoms with Crippen LogP contribution in [0.1, 0.15) is 44.9 Å². The van der Waals surface area contributed by atoms with Crippen LogP contribution in [0, 0.1) is 0 Å². The first-order valence-electron chi connectivity index (χ1n) is 6.54. The number of carbonyl (C=O) groups excluding carboxylic acids is 2. The van der Waals surface area contributed by atoms with Crippen molar-refractivity contribution in [3.8, 4) is 0 Å². The second-order valence-corrected chi connectivity index (χ2v) is 4.90. The number of hydrogen-bond donors (Lipinski definition) is 4. The van der Waals surface area contributed by atoms with Crippen LogP contribution >= 0.6 is 0 Å². The maximum atomic E-state index is 11.6. The monoisotopic (exact) mass is 271 g/mol. The predicted molar refractivity (Wildman–Crippen MR) is 68.4 cm³/mol. The van der Waals surface area contributed by atoms with Crippen molar-refractivity contribution in [1.82, 2.24) is 10.6 Å². The summed E-state index contributed by atoms with van der Waals surface area (Å²) in [5.74, 6) is -1.34. The lowest BCUT2D eigenvalue weighted by molar-refractivity contribution is -0.144. The molecule has 108 valence electrons. The Morgan fingerprint density at radius 3 is 2.32 bits per heavy atom. The zero-order chi connectivity index (χ0) is 14.3. The van der Waals surface area contributed by atoms with Gasteiger partial charge in [0.15, 0.2) is 0 Å². The minimum Gasteiger partial charge on any atom is -0.480 e. The topological polar surface area (TPSA) is 122 Å². The van der Waals surface area contributed by atoms with Crippen LogP contribution in [-0.4, -0.2) is 35.1 Å². The Kier molecular flexibility index (Phi) is 5.59. The molecule has 1 aliphatic carbocycles. The second kappa shape index (κ2) is 6.96. The summed E-state index contributed by atoms with van der Waals surface area (Å²) >= 11 is 0. The standard InChI is InChI=1S/C12H21N3O4/c13-9(16)5-1-4-8-14-11(19)15-12(10(17)18)6-2-3-7-12/h1-8H2,(H2,13,16)(H,17,18)(H2,14,15,19). The fourth-order valence-corrected chi connectivity index (χ4v) is 2.26. The Hall–Kier alpha value is -1.79. The number of nitrogens with two attached hydrogens (primary N) is 1. The number of primary amides is 1. The SMILES string of the molecule is NC(=O)CCCCNC(=O)NC1(C(=O)O)CCCC1. The zero-order valence-corrected chi connectivity index (χ0v) is 10.9. The van der Waals surface area contributed by atoms with Crippen molar-refractivity contribution >= 4 is 17.9 Å². The highest BCUT2D eigenvalue weighted by atomic mass is 16.4. The number of rotatable bonds is 7. The maximum Gasteiger partial charge on any atom is 0.329 e. The van der Waals surface area contributed by atoms with Crippen molar-refractivity contribution in [2.45, 2.75) is 50.5 Å². The fraction of sp³-hybridized carbons (Fsp3) is 0.750. The molecular formula is C12H21N3O4. The molecule has 3 amide bonds. The van der Waals surface area contributed by atoms with Gasteiger partial charge in [-0.3, -0.25) is 4.79 Å². The van der Waals surface area contributed by atoms with Crippen LogP contribution in [-0.2, 0) is 9.59 Å². The molecule has 1 rings (SSSR count). The van der Waals surface area contributed by atoms with Crippen molar-refractivity contribution in [3.05, 3.63) is 0 Å². The minimum absolute atomic E-state index is 0.294. The van der Waals surface area contributed by atoms with Gasteiger partial charge in [0.2, 0.25) is 5.91 Å². The number of carboxylic acids is 1. The van der Waals surface area contributed by atoms with Gasteiger partial charge in [-0.15, -0.1) is 0 Å². The van der Waals surface area contributed by atoms with Gasteiger partial charge >= 0.3 is 12.0 Å². The van der Waals surface area contributed by atoms with Crippen LogP contribution in [0.3, 0.4) is 0 Å². The Morgan fingerprint density at radius 1 is 1.16 bits per heavy atom. The average Bonchev–Trinajstić information content (AvgIpc) is 2.78.